The monoisotopic (exact) mass is 764 g/mol. The highest BCUT2D eigenvalue weighted by Crippen LogP contribution is 2.28. The van der Waals surface area contributed by atoms with Crippen LogP contribution in [0.15, 0.2) is 0 Å². The van der Waals surface area contributed by atoms with E-state index in [0.29, 0.717) is 25.7 Å². The molecule has 2 saturated heterocycles. The second kappa shape index (κ2) is 24.9. The van der Waals surface area contributed by atoms with Gasteiger partial charge >= 0.3 is 0 Å². The Kier molecular flexibility index (Phi) is 22.0. The third-order valence-corrected chi connectivity index (χ3v) is 9.64. The van der Waals surface area contributed by atoms with E-state index in [1.165, 1.54) is 39.0 Å². The Morgan fingerprint density at radius 3 is 1.94 bits per heavy atom. The quantitative estimate of drug-likeness (QED) is 0.0437. The largest absolute Gasteiger partial charge is 0.394 e. The molecule has 0 aromatic carbocycles. The Morgan fingerprint density at radius 1 is 0.717 bits per heavy atom. The van der Waals surface area contributed by atoms with Crippen molar-refractivity contribution in [3.8, 4) is 0 Å². The molecule has 0 aliphatic carbocycles. The van der Waals surface area contributed by atoms with Crippen LogP contribution in [-0.2, 0) is 33.4 Å². The maximum Gasteiger partial charge on any atom is 0.237 e. The minimum absolute atomic E-state index is 0.186. The molecule has 0 bridgehead atoms. The highest BCUT2D eigenvalue weighted by Gasteiger charge is 2.50. The summed E-state index contributed by atoms with van der Waals surface area (Å²) in [4.78, 5) is 49.6. The summed E-state index contributed by atoms with van der Waals surface area (Å²) in [5.74, 6) is -1.68. The lowest BCUT2D eigenvalue weighted by molar-refractivity contribution is -0.343. The summed E-state index contributed by atoms with van der Waals surface area (Å²) in [6, 6.07) is -1.36. The molecule has 2 aliphatic heterocycles. The molecule has 18 heteroatoms. The first-order valence-electron chi connectivity index (χ1n) is 19.0. The number of carbonyl (C=O) groups is 4. The van der Waals surface area contributed by atoms with Crippen molar-refractivity contribution < 1.29 is 69.1 Å². The van der Waals surface area contributed by atoms with Gasteiger partial charge in [-0.05, 0) is 32.6 Å². The number of amides is 3. The highest BCUT2D eigenvalue weighted by atomic mass is 16.7. The minimum Gasteiger partial charge on any atom is -0.394 e. The number of ketones is 1. The van der Waals surface area contributed by atoms with Crippen LogP contribution in [0.25, 0.3) is 0 Å². The predicted molar refractivity (Wildman–Crippen MR) is 188 cm³/mol. The number of nitrogens with two attached hydrogens (primary N) is 1. The smallest absolute Gasteiger partial charge is 0.237 e. The van der Waals surface area contributed by atoms with Crippen molar-refractivity contribution in [1.29, 1.82) is 0 Å². The second-order valence-electron chi connectivity index (χ2n) is 14.0. The fraction of sp³-hybridized carbons (Fsp3) is 0.886. The van der Waals surface area contributed by atoms with E-state index >= 15 is 0 Å². The Balaban J connectivity index is 1.68. The fourth-order valence-electron chi connectivity index (χ4n) is 6.24. The topological polar surface area (TPSA) is 300 Å². The SMILES string of the molecule is CCCCCCCCCCC(N)C(=O)NC(CCCCNC(=O)CCC(=O)N[C@@H]1OC(CO)[C@@H](O[C@@H]2OC(CO)[C@H](O)C(O)[C@@H]2O)[C@H](O)C1O)C(C)=O. The summed E-state index contributed by atoms with van der Waals surface area (Å²) in [6.45, 7) is 2.35. The summed E-state index contributed by atoms with van der Waals surface area (Å²) < 4.78 is 16.3. The van der Waals surface area contributed by atoms with Crippen molar-refractivity contribution in [2.24, 2.45) is 5.73 Å². The van der Waals surface area contributed by atoms with Crippen molar-refractivity contribution in [3.05, 3.63) is 0 Å². The number of rotatable bonds is 25. The summed E-state index contributed by atoms with van der Waals surface area (Å²) in [5.41, 5.74) is 6.06. The number of aliphatic hydroxyl groups is 7. The Morgan fingerprint density at radius 2 is 1.32 bits per heavy atom. The standard InChI is InChI=1S/C35H64N4O14/c1-3-4-5-6-7-8-9-10-13-21(36)33(50)38-22(20(2)42)14-11-12-17-37-25(43)15-16-26(44)39-34-30(48)29(47)32(24(19-41)51-34)53-35-31(49)28(46)27(45)23(18-40)52-35/h21-24,27-32,34-35,40-41,45-49H,3-19,36H2,1-2H3,(H,37,43)(H,38,50)(H,39,44)/t21?,22?,23?,24?,27-,28?,29+,30?,31-,32+,34+,35-/m0/s1. The maximum atomic E-state index is 12.6. The van der Waals surface area contributed by atoms with Crippen molar-refractivity contribution in [1.82, 2.24) is 16.0 Å². The molecule has 12 N–H and O–H groups in total. The molecule has 2 heterocycles. The van der Waals surface area contributed by atoms with Gasteiger partial charge in [-0.25, -0.2) is 0 Å². The number of hydrogen-bond donors (Lipinski definition) is 11. The zero-order chi connectivity index (χ0) is 39.5. The number of Topliss-reactive ketones (excluding diaryl/α,β-unsaturated/α-hetero) is 1. The summed E-state index contributed by atoms with van der Waals surface area (Å²) >= 11 is 0. The van der Waals surface area contributed by atoms with Crippen LogP contribution in [0.2, 0.25) is 0 Å². The Hall–Kier alpha value is -2.36. The first kappa shape index (κ1) is 46.8. The Bertz CT molecular complexity index is 1100. The van der Waals surface area contributed by atoms with Crippen LogP contribution in [-0.4, -0.2) is 152 Å². The number of aliphatic hydroxyl groups excluding tert-OH is 7. The van der Waals surface area contributed by atoms with Crippen LogP contribution in [0.1, 0.15) is 104 Å². The van der Waals surface area contributed by atoms with Gasteiger partial charge < -0.3 is 71.6 Å². The molecule has 2 rings (SSSR count). The van der Waals surface area contributed by atoms with Gasteiger partial charge in [-0.2, -0.15) is 0 Å². The van der Waals surface area contributed by atoms with E-state index in [0.717, 1.165) is 19.3 Å². The van der Waals surface area contributed by atoms with Gasteiger partial charge in [0.25, 0.3) is 0 Å². The minimum atomic E-state index is -1.82. The first-order valence-corrected chi connectivity index (χ1v) is 19.0. The molecule has 0 spiro atoms. The van der Waals surface area contributed by atoms with E-state index < -0.39 is 98.5 Å². The van der Waals surface area contributed by atoms with Gasteiger partial charge in [-0.3, -0.25) is 19.2 Å². The summed E-state index contributed by atoms with van der Waals surface area (Å²) in [5, 5.41) is 78.6. The molecule has 0 radical (unpaired) electrons. The van der Waals surface area contributed by atoms with Gasteiger partial charge in [0, 0.05) is 19.4 Å². The lowest BCUT2D eigenvalue weighted by Crippen LogP contribution is -2.66. The third-order valence-electron chi connectivity index (χ3n) is 9.64. The zero-order valence-corrected chi connectivity index (χ0v) is 31.0. The van der Waals surface area contributed by atoms with Gasteiger partial charge in [0.15, 0.2) is 18.3 Å². The summed E-state index contributed by atoms with van der Waals surface area (Å²) in [6.07, 6.45) is -5.65. The molecular weight excluding hydrogens is 700 g/mol. The number of carbonyl (C=O) groups excluding carboxylic acids is 4. The number of nitrogens with one attached hydrogen (secondary N) is 3. The van der Waals surface area contributed by atoms with Crippen LogP contribution >= 0.6 is 0 Å². The number of hydrogen-bond acceptors (Lipinski definition) is 15. The van der Waals surface area contributed by atoms with E-state index in [-0.39, 0.29) is 31.1 Å². The predicted octanol–water partition coefficient (Wildman–Crippen LogP) is -2.27. The molecule has 2 aliphatic rings. The van der Waals surface area contributed by atoms with Crippen molar-refractivity contribution >= 4 is 23.5 Å². The van der Waals surface area contributed by atoms with Gasteiger partial charge in [-0.1, -0.05) is 58.3 Å². The molecule has 18 nitrogen and oxygen atoms in total. The second-order valence-corrected chi connectivity index (χ2v) is 14.0. The van der Waals surface area contributed by atoms with Gasteiger partial charge in [0.2, 0.25) is 17.7 Å². The van der Waals surface area contributed by atoms with Crippen LogP contribution in [0.5, 0.6) is 0 Å². The van der Waals surface area contributed by atoms with E-state index in [4.69, 9.17) is 19.9 Å². The van der Waals surface area contributed by atoms with Crippen molar-refractivity contribution in [3.63, 3.8) is 0 Å². The molecule has 308 valence electrons. The zero-order valence-electron chi connectivity index (χ0n) is 31.0. The molecule has 53 heavy (non-hydrogen) atoms. The first-order chi connectivity index (χ1) is 25.2. The molecule has 0 saturated carbocycles. The molecule has 12 atom stereocenters. The van der Waals surface area contributed by atoms with Gasteiger partial charge in [0.05, 0.1) is 25.3 Å². The number of ether oxygens (including phenoxy) is 3. The lowest BCUT2D eigenvalue weighted by atomic mass is 9.96. The van der Waals surface area contributed by atoms with Gasteiger partial charge in [-0.15, -0.1) is 0 Å². The van der Waals surface area contributed by atoms with E-state index in [2.05, 4.69) is 22.9 Å². The molecule has 6 unspecified atom stereocenters. The van der Waals surface area contributed by atoms with Crippen molar-refractivity contribution in [2.45, 2.75) is 177 Å². The number of unbranched alkanes of at least 4 members (excludes halogenated alkanes) is 8. The van der Waals surface area contributed by atoms with Crippen LogP contribution in [0.4, 0.5) is 0 Å². The molecule has 3 amide bonds. The molecule has 0 aromatic rings. The average Bonchev–Trinajstić information content (AvgIpc) is 3.13. The molecule has 2 fully saturated rings. The molecule has 0 aromatic heterocycles. The molecular formula is C35H64N4O14. The maximum absolute atomic E-state index is 12.6. The van der Waals surface area contributed by atoms with Crippen LogP contribution in [0, 0.1) is 0 Å². The average molecular weight is 765 g/mol. The normalized spacial score (nSPS) is 29.9. The van der Waals surface area contributed by atoms with Crippen LogP contribution in [0.3, 0.4) is 0 Å². The lowest BCUT2D eigenvalue weighted by Gasteiger charge is -2.46. The summed E-state index contributed by atoms with van der Waals surface area (Å²) in [7, 11) is 0. The van der Waals surface area contributed by atoms with Crippen LogP contribution < -0.4 is 21.7 Å². The van der Waals surface area contributed by atoms with E-state index in [9.17, 15) is 54.9 Å². The third kappa shape index (κ3) is 15.7. The van der Waals surface area contributed by atoms with E-state index in [1.807, 2.05) is 0 Å². The highest BCUT2D eigenvalue weighted by molar-refractivity contribution is 5.89. The van der Waals surface area contributed by atoms with E-state index in [1.54, 1.807) is 0 Å². The van der Waals surface area contributed by atoms with Gasteiger partial charge in [0.1, 0.15) is 48.8 Å². The van der Waals surface area contributed by atoms with Crippen molar-refractivity contribution in [2.75, 3.05) is 19.8 Å². The fourth-order valence-corrected chi connectivity index (χ4v) is 6.24. The Labute approximate surface area is 311 Å².